The van der Waals surface area contributed by atoms with Crippen LogP contribution in [0, 0.1) is 11.6 Å². The third-order valence-electron chi connectivity index (χ3n) is 7.79. The molecule has 1 spiro atoms. The summed E-state index contributed by atoms with van der Waals surface area (Å²) in [6.45, 7) is 0.671. The number of rotatable bonds is 6. The summed E-state index contributed by atoms with van der Waals surface area (Å²) in [4.78, 5) is 24.9. The molecule has 17 heteroatoms. The van der Waals surface area contributed by atoms with Crippen molar-refractivity contribution in [3.63, 3.8) is 0 Å². The predicted octanol–water partition coefficient (Wildman–Crippen LogP) is 1.13. The molecule has 224 valence electrons. The van der Waals surface area contributed by atoms with E-state index in [2.05, 4.69) is 20.3 Å². The molecule has 2 aliphatic rings. The van der Waals surface area contributed by atoms with Gasteiger partial charge in [-0.25, -0.2) is 44.9 Å². The lowest BCUT2D eigenvalue weighted by molar-refractivity contribution is 0.102. The normalized spacial score (nSPS) is 24.1. The Hall–Kier alpha value is -3.96. The molecule has 1 aromatic carbocycles. The molecule has 0 bridgehead atoms. The average molecular weight is 623 g/mol. The number of imidazole rings is 1. The van der Waals surface area contributed by atoms with Gasteiger partial charge < -0.3 is 15.6 Å². The first kappa shape index (κ1) is 29.5. The number of halogens is 2. The van der Waals surface area contributed by atoms with Crippen molar-refractivity contribution in [3.8, 4) is 0 Å². The van der Waals surface area contributed by atoms with Crippen LogP contribution in [0.2, 0.25) is 0 Å². The Morgan fingerprint density at radius 3 is 2.55 bits per heavy atom. The van der Waals surface area contributed by atoms with Gasteiger partial charge in [0, 0.05) is 44.6 Å². The van der Waals surface area contributed by atoms with Gasteiger partial charge in [-0.1, -0.05) is 0 Å². The van der Waals surface area contributed by atoms with Gasteiger partial charge >= 0.3 is 0 Å². The van der Waals surface area contributed by atoms with Crippen LogP contribution in [0.3, 0.4) is 0 Å². The van der Waals surface area contributed by atoms with Gasteiger partial charge in [-0.05, 0) is 43.7 Å². The number of nitrogens with zero attached hydrogens (tertiary/aromatic N) is 6. The molecule has 3 aromatic rings. The molecule has 2 atom stereocenters. The van der Waals surface area contributed by atoms with E-state index in [4.69, 9.17) is 5.73 Å². The maximum Gasteiger partial charge on any atom is 0.274 e. The summed E-state index contributed by atoms with van der Waals surface area (Å²) in [7, 11) is -5.58. The zero-order valence-corrected chi connectivity index (χ0v) is 24.5. The van der Waals surface area contributed by atoms with Crippen molar-refractivity contribution < 1.29 is 30.4 Å². The lowest BCUT2D eigenvalue weighted by Crippen LogP contribution is -2.66. The predicted molar refractivity (Wildman–Crippen MR) is 149 cm³/mol. The van der Waals surface area contributed by atoms with Crippen molar-refractivity contribution in [1.29, 1.82) is 0 Å². The number of anilines is 1. The van der Waals surface area contributed by atoms with Gasteiger partial charge in [0.1, 0.15) is 33.4 Å². The summed E-state index contributed by atoms with van der Waals surface area (Å²) in [5.74, 6) is -3.09. The number of benzene rings is 1. The van der Waals surface area contributed by atoms with Crippen LogP contribution in [0.4, 0.5) is 14.5 Å². The summed E-state index contributed by atoms with van der Waals surface area (Å²) in [6, 6.07) is 5.73. The quantitative estimate of drug-likeness (QED) is 0.412. The fraction of sp³-hybridized carbons (Fsp3) is 0.360. The summed E-state index contributed by atoms with van der Waals surface area (Å²) in [5, 5.41) is 2.54. The number of carbonyl (C=O) groups is 1. The molecule has 3 N–H and O–H groups in total. The Morgan fingerprint density at radius 1 is 1.17 bits per heavy atom. The standard InChI is InChI=1S/C25H28F2N8O5S2/c1-24(19-10-17(5-6-20(19)27)31-22(36)21-7-4-16(26)11-29-21)25(42(39,40)34(3)23(28)32-24)8-9-35(14-25)41(37,38)13-18-12-33(2)15-30-18/h4-7,10-12,15H,8-9,13-14H2,1-3H3,(H2,28,32)(H,31,36)/t24-,25+/m1/s1. The van der Waals surface area contributed by atoms with Gasteiger partial charge in [-0.15, -0.1) is 0 Å². The molecule has 0 aliphatic carbocycles. The first-order valence-electron chi connectivity index (χ1n) is 12.6. The molecule has 1 fully saturated rings. The summed E-state index contributed by atoms with van der Waals surface area (Å²) in [6.07, 6.45) is 3.64. The number of nitrogens with two attached hydrogens (primary N) is 1. The Morgan fingerprint density at radius 2 is 1.90 bits per heavy atom. The smallest absolute Gasteiger partial charge is 0.274 e. The van der Waals surface area contributed by atoms with Gasteiger partial charge in [0.15, 0.2) is 0 Å². The topological polar surface area (TPSA) is 173 Å². The molecule has 1 saturated heterocycles. The van der Waals surface area contributed by atoms with E-state index in [1.807, 2.05) is 0 Å². The molecule has 0 saturated carbocycles. The molecule has 0 unspecified atom stereocenters. The number of aromatic nitrogens is 3. The number of pyridine rings is 1. The minimum Gasteiger partial charge on any atom is -0.369 e. The van der Waals surface area contributed by atoms with Crippen LogP contribution in [0.5, 0.6) is 0 Å². The van der Waals surface area contributed by atoms with Crippen molar-refractivity contribution in [3.05, 3.63) is 77.6 Å². The van der Waals surface area contributed by atoms with Crippen LogP contribution < -0.4 is 11.1 Å². The lowest BCUT2D eigenvalue weighted by Gasteiger charge is -2.48. The maximum absolute atomic E-state index is 15.6. The molecule has 0 radical (unpaired) electrons. The largest absolute Gasteiger partial charge is 0.369 e. The highest BCUT2D eigenvalue weighted by molar-refractivity contribution is 7.91. The van der Waals surface area contributed by atoms with E-state index in [-0.39, 0.29) is 35.6 Å². The highest BCUT2D eigenvalue weighted by atomic mass is 32.2. The number of aryl methyl sites for hydroxylation is 1. The molecule has 13 nitrogen and oxygen atoms in total. The zero-order valence-electron chi connectivity index (χ0n) is 22.8. The summed E-state index contributed by atoms with van der Waals surface area (Å²) in [5.41, 5.74) is 4.11. The second-order valence-electron chi connectivity index (χ2n) is 10.4. The highest BCUT2D eigenvalue weighted by Gasteiger charge is 2.67. The molecule has 4 heterocycles. The van der Waals surface area contributed by atoms with E-state index in [0.29, 0.717) is 0 Å². The van der Waals surface area contributed by atoms with E-state index in [1.54, 1.807) is 17.8 Å². The SMILES string of the molecule is CN1C(N)=N[C@](C)(c2cc(NC(=O)c3ccc(F)cn3)ccc2F)[C@@]2(CCN(S(=O)(=O)Cc3cn(C)cn3)C2)S1(=O)=O. The average Bonchev–Trinajstić information content (AvgIpc) is 3.57. The summed E-state index contributed by atoms with van der Waals surface area (Å²) >= 11 is 0. The Labute approximate surface area is 241 Å². The Balaban J connectivity index is 1.56. The highest BCUT2D eigenvalue weighted by Crippen LogP contribution is 2.52. The minimum absolute atomic E-state index is 0.0709. The summed E-state index contributed by atoms with van der Waals surface area (Å²) < 4.78 is 85.2. The number of hydrogen-bond acceptors (Lipinski definition) is 9. The Kier molecular flexibility index (Phi) is 7.10. The second kappa shape index (κ2) is 10.1. The molecule has 1 amide bonds. The molecule has 5 rings (SSSR count). The van der Waals surface area contributed by atoms with Gasteiger partial charge in [0.25, 0.3) is 5.91 Å². The van der Waals surface area contributed by atoms with E-state index >= 15 is 4.39 Å². The van der Waals surface area contributed by atoms with Crippen LogP contribution >= 0.6 is 0 Å². The van der Waals surface area contributed by atoms with E-state index in [0.717, 1.165) is 26.9 Å². The van der Waals surface area contributed by atoms with Crippen molar-refractivity contribution in [2.75, 3.05) is 25.5 Å². The molecule has 2 aromatic heterocycles. The van der Waals surface area contributed by atoms with Gasteiger partial charge in [-0.3, -0.25) is 4.79 Å². The van der Waals surface area contributed by atoms with Crippen molar-refractivity contribution in [2.24, 2.45) is 17.8 Å². The zero-order chi connectivity index (χ0) is 30.7. The second-order valence-corrected chi connectivity index (χ2v) is 14.6. The van der Waals surface area contributed by atoms with Crippen LogP contribution in [0.25, 0.3) is 0 Å². The van der Waals surface area contributed by atoms with E-state index in [9.17, 15) is 26.0 Å². The minimum atomic E-state index is -4.42. The van der Waals surface area contributed by atoms with E-state index < -0.39 is 66.1 Å². The van der Waals surface area contributed by atoms with Crippen molar-refractivity contribution in [2.45, 2.75) is 29.4 Å². The Bertz CT molecular complexity index is 1810. The number of nitrogens with one attached hydrogen (secondary N) is 1. The van der Waals surface area contributed by atoms with Crippen LogP contribution in [-0.4, -0.2) is 76.7 Å². The number of aliphatic imine (C=N–C) groups is 1. The van der Waals surface area contributed by atoms with Gasteiger partial charge in [-0.2, -0.15) is 4.31 Å². The van der Waals surface area contributed by atoms with Gasteiger partial charge in [0.2, 0.25) is 26.0 Å². The van der Waals surface area contributed by atoms with Crippen molar-refractivity contribution >= 4 is 37.6 Å². The number of guanidine groups is 1. The van der Waals surface area contributed by atoms with Crippen LogP contribution in [-0.2, 0) is 38.4 Å². The molecular weight excluding hydrogens is 594 g/mol. The first-order chi connectivity index (χ1) is 19.6. The number of sulfonamides is 2. The number of carbonyl (C=O) groups excluding carboxylic acids is 1. The van der Waals surface area contributed by atoms with E-state index in [1.165, 1.54) is 38.5 Å². The van der Waals surface area contributed by atoms with Gasteiger partial charge in [0.05, 0.1) is 18.2 Å². The van der Waals surface area contributed by atoms with Crippen molar-refractivity contribution in [1.82, 2.24) is 23.1 Å². The number of amides is 1. The third kappa shape index (κ3) is 4.70. The fourth-order valence-electron chi connectivity index (χ4n) is 5.44. The van der Waals surface area contributed by atoms with Crippen LogP contribution in [0.15, 0.2) is 54.0 Å². The lowest BCUT2D eigenvalue weighted by atomic mass is 9.78. The number of hydrogen-bond donors (Lipinski definition) is 2. The maximum atomic E-state index is 15.6. The van der Waals surface area contributed by atoms with Crippen LogP contribution in [0.1, 0.15) is 35.1 Å². The molecular formula is C25H28F2N8O5S2. The molecule has 42 heavy (non-hydrogen) atoms. The third-order valence-corrected chi connectivity index (χ3v) is 12.2. The fourth-order valence-corrected chi connectivity index (χ4v) is 9.15. The monoisotopic (exact) mass is 622 g/mol. The first-order valence-corrected chi connectivity index (χ1v) is 15.7. The molecule has 2 aliphatic heterocycles.